The summed E-state index contributed by atoms with van der Waals surface area (Å²) in [5.41, 5.74) is 1.31. The molecule has 0 spiro atoms. The number of morpholine rings is 1. The Labute approximate surface area is 182 Å². The number of aliphatic imine (C=N–C) groups is 1. The Morgan fingerprint density at radius 1 is 1.26 bits per heavy atom. The lowest BCUT2D eigenvalue weighted by Crippen LogP contribution is -2.46. The van der Waals surface area contributed by atoms with E-state index in [0.29, 0.717) is 12.6 Å². The molecule has 1 aromatic carbocycles. The van der Waals surface area contributed by atoms with E-state index < -0.39 is 0 Å². The van der Waals surface area contributed by atoms with Gasteiger partial charge in [-0.1, -0.05) is 30.3 Å². The van der Waals surface area contributed by atoms with Crippen LogP contribution in [0.1, 0.15) is 21.5 Å². The Morgan fingerprint density at radius 3 is 2.63 bits per heavy atom. The predicted molar refractivity (Wildman–Crippen MR) is 122 cm³/mol. The number of hydrogen-bond donors (Lipinski definition) is 2. The van der Waals surface area contributed by atoms with Crippen LogP contribution in [0.15, 0.2) is 41.5 Å². The van der Waals surface area contributed by atoms with Crippen LogP contribution in [0.25, 0.3) is 0 Å². The number of nitrogens with zero attached hydrogens (tertiary/aromatic N) is 3. The minimum absolute atomic E-state index is 0. The number of rotatable bonds is 6. The topological polar surface area (TPSA) is 61.8 Å². The van der Waals surface area contributed by atoms with Crippen molar-refractivity contribution >= 4 is 41.3 Å². The minimum Gasteiger partial charge on any atom is -0.379 e. The molecule has 3 rings (SSSR count). The summed E-state index contributed by atoms with van der Waals surface area (Å²) in [6, 6.07) is 10.9. The Bertz CT molecular complexity index is 703. The summed E-state index contributed by atoms with van der Waals surface area (Å²) in [4.78, 5) is 12.4. The molecular weight excluding hydrogens is 473 g/mol. The summed E-state index contributed by atoms with van der Waals surface area (Å²) < 4.78 is 5.52. The molecule has 2 heterocycles. The SMILES string of the molecule is CN=C(NCc1ncc(C)s1)NCC(c1ccccc1)N1CCOCC1.I. The molecule has 1 aliphatic heterocycles. The van der Waals surface area contributed by atoms with E-state index in [1.807, 2.05) is 6.20 Å². The van der Waals surface area contributed by atoms with Gasteiger partial charge in [0.25, 0.3) is 0 Å². The Kier molecular flexibility index (Phi) is 9.46. The minimum atomic E-state index is 0. The predicted octanol–water partition coefficient (Wildman–Crippen LogP) is 2.81. The highest BCUT2D eigenvalue weighted by atomic mass is 127. The molecule has 2 N–H and O–H groups in total. The second-order valence-electron chi connectivity index (χ2n) is 6.25. The molecule has 1 saturated heterocycles. The van der Waals surface area contributed by atoms with Gasteiger partial charge in [0.1, 0.15) is 5.01 Å². The summed E-state index contributed by atoms with van der Waals surface area (Å²) in [5, 5.41) is 7.90. The van der Waals surface area contributed by atoms with Crippen molar-refractivity contribution < 1.29 is 4.74 Å². The zero-order valence-corrected chi connectivity index (χ0v) is 19.0. The first-order valence-electron chi connectivity index (χ1n) is 8.99. The van der Waals surface area contributed by atoms with Gasteiger partial charge >= 0.3 is 0 Å². The number of benzene rings is 1. The van der Waals surface area contributed by atoms with Crippen LogP contribution >= 0.6 is 35.3 Å². The van der Waals surface area contributed by atoms with Gasteiger partial charge in [0.2, 0.25) is 0 Å². The number of aryl methyl sites for hydroxylation is 1. The third-order valence-corrected chi connectivity index (χ3v) is 5.35. The maximum absolute atomic E-state index is 5.52. The summed E-state index contributed by atoms with van der Waals surface area (Å²) >= 11 is 1.71. The van der Waals surface area contributed by atoms with E-state index >= 15 is 0 Å². The number of nitrogens with one attached hydrogen (secondary N) is 2. The lowest BCUT2D eigenvalue weighted by atomic mass is 10.0. The average molecular weight is 501 g/mol. The molecule has 6 nitrogen and oxygen atoms in total. The van der Waals surface area contributed by atoms with Gasteiger partial charge in [-0.05, 0) is 12.5 Å². The number of guanidine groups is 1. The van der Waals surface area contributed by atoms with Gasteiger partial charge in [-0.3, -0.25) is 9.89 Å². The quantitative estimate of drug-likeness (QED) is 0.362. The van der Waals surface area contributed by atoms with Gasteiger partial charge in [0.05, 0.1) is 25.8 Å². The average Bonchev–Trinajstić information content (AvgIpc) is 3.11. The van der Waals surface area contributed by atoms with Gasteiger partial charge < -0.3 is 15.4 Å². The van der Waals surface area contributed by atoms with Crippen molar-refractivity contribution in [1.29, 1.82) is 0 Å². The number of hydrogen-bond acceptors (Lipinski definition) is 5. The van der Waals surface area contributed by atoms with Crippen LogP contribution in [0.3, 0.4) is 0 Å². The van der Waals surface area contributed by atoms with Crippen LogP contribution < -0.4 is 10.6 Å². The summed E-state index contributed by atoms with van der Waals surface area (Å²) in [5.74, 6) is 0.798. The van der Waals surface area contributed by atoms with Crippen molar-refractivity contribution in [3.63, 3.8) is 0 Å². The van der Waals surface area contributed by atoms with Crippen molar-refractivity contribution in [2.45, 2.75) is 19.5 Å². The maximum atomic E-state index is 5.52. The largest absolute Gasteiger partial charge is 0.379 e. The molecule has 2 aromatic rings. The van der Waals surface area contributed by atoms with Crippen LogP contribution in [0, 0.1) is 6.92 Å². The first kappa shape index (κ1) is 22.1. The third kappa shape index (κ3) is 6.70. The number of aromatic nitrogens is 1. The summed E-state index contributed by atoms with van der Waals surface area (Å²) in [6.07, 6.45) is 1.90. The Hall–Kier alpha value is -1.23. The fourth-order valence-corrected chi connectivity index (χ4v) is 3.81. The van der Waals surface area contributed by atoms with Crippen LogP contribution in [0.2, 0.25) is 0 Å². The smallest absolute Gasteiger partial charge is 0.191 e. The molecule has 0 aliphatic carbocycles. The standard InChI is InChI=1S/C19H27N5OS.HI/c1-15-12-21-18(26-15)14-23-19(20-2)22-13-17(16-6-4-3-5-7-16)24-8-10-25-11-9-24;/h3-7,12,17H,8-11,13-14H2,1-2H3,(H2,20,22,23);1H. The van der Waals surface area contributed by atoms with Crippen molar-refractivity contribution in [1.82, 2.24) is 20.5 Å². The summed E-state index contributed by atoms with van der Waals surface area (Å²) in [6.45, 7) is 7.03. The van der Waals surface area contributed by atoms with Gasteiger partial charge in [-0.15, -0.1) is 35.3 Å². The van der Waals surface area contributed by atoms with E-state index in [2.05, 4.69) is 62.8 Å². The van der Waals surface area contributed by atoms with Gasteiger partial charge in [-0.2, -0.15) is 0 Å². The fraction of sp³-hybridized carbons (Fsp3) is 0.474. The van der Waals surface area contributed by atoms with Crippen LogP contribution in [-0.4, -0.2) is 55.7 Å². The van der Waals surface area contributed by atoms with Gasteiger partial charge in [0, 0.05) is 37.8 Å². The van der Waals surface area contributed by atoms with Crippen molar-refractivity contribution in [2.24, 2.45) is 4.99 Å². The second-order valence-corrected chi connectivity index (χ2v) is 7.57. The number of thiazole rings is 1. The first-order valence-corrected chi connectivity index (χ1v) is 9.80. The van der Waals surface area contributed by atoms with Crippen molar-refractivity contribution in [3.8, 4) is 0 Å². The number of ether oxygens (including phenoxy) is 1. The maximum Gasteiger partial charge on any atom is 0.191 e. The van der Waals surface area contributed by atoms with E-state index in [-0.39, 0.29) is 24.0 Å². The zero-order valence-electron chi connectivity index (χ0n) is 15.9. The molecule has 1 atom stereocenters. The molecule has 1 unspecified atom stereocenters. The Morgan fingerprint density at radius 2 is 2.00 bits per heavy atom. The van der Waals surface area contributed by atoms with Crippen molar-refractivity contribution in [3.05, 3.63) is 52.0 Å². The molecule has 0 saturated carbocycles. The molecule has 1 fully saturated rings. The van der Waals surface area contributed by atoms with E-state index in [0.717, 1.165) is 43.8 Å². The van der Waals surface area contributed by atoms with Gasteiger partial charge in [0.15, 0.2) is 5.96 Å². The highest BCUT2D eigenvalue weighted by Gasteiger charge is 2.22. The van der Waals surface area contributed by atoms with Crippen LogP contribution in [-0.2, 0) is 11.3 Å². The van der Waals surface area contributed by atoms with Crippen molar-refractivity contribution in [2.75, 3.05) is 39.9 Å². The highest BCUT2D eigenvalue weighted by Crippen LogP contribution is 2.21. The Balaban J connectivity index is 0.00000261. The van der Waals surface area contributed by atoms with E-state index in [1.165, 1.54) is 10.4 Å². The molecule has 0 amide bonds. The lowest BCUT2D eigenvalue weighted by Gasteiger charge is -2.35. The molecular formula is C19H28IN5OS. The van der Waals surface area contributed by atoms with Crippen LogP contribution in [0.5, 0.6) is 0 Å². The third-order valence-electron chi connectivity index (χ3n) is 4.43. The monoisotopic (exact) mass is 501 g/mol. The molecule has 8 heteroatoms. The van der Waals surface area contributed by atoms with E-state index in [9.17, 15) is 0 Å². The molecule has 1 aromatic heterocycles. The second kappa shape index (κ2) is 11.6. The highest BCUT2D eigenvalue weighted by molar-refractivity contribution is 14.0. The molecule has 27 heavy (non-hydrogen) atoms. The molecule has 148 valence electrons. The van der Waals surface area contributed by atoms with E-state index in [1.54, 1.807) is 18.4 Å². The zero-order chi connectivity index (χ0) is 18.2. The fourth-order valence-electron chi connectivity index (χ4n) is 3.08. The van der Waals surface area contributed by atoms with Gasteiger partial charge in [-0.25, -0.2) is 4.98 Å². The van der Waals surface area contributed by atoms with Crippen LogP contribution in [0.4, 0.5) is 0 Å². The molecule has 0 radical (unpaired) electrons. The molecule has 1 aliphatic rings. The first-order chi connectivity index (χ1) is 12.8. The normalized spacial score (nSPS) is 16.4. The summed E-state index contributed by atoms with van der Waals surface area (Å²) in [7, 11) is 1.80. The van der Waals surface area contributed by atoms with E-state index in [4.69, 9.17) is 4.74 Å². The molecule has 0 bridgehead atoms. The number of halogens is 1. The lowest BCUT2D eigenvalue weighted by molar-refractivity contribution is 0.0170.